The Balaban J connectivity index is 1.85. The van der Waals surface area contributed by atoms with Gasteiger partial charge >= 0.3 is 0 Å². The van der Waals surface area contributed by atoms with Crippen LogP contribution < -0.4 is 5.73 Å². The molecule has 0 aliphatic carbocycles. The lowest BCUT2D eigenvalue weighted by Crippen LogP contribution is -2.35. The van der Waals surface area contributed by atoms with Gasteiger partial charge in [-0.1, -0.05) is 12.1 Å². The number of hydrogen-bond acceptors (Lipinski definition) is 3. The van der Waals surface area contributed by atoms with Crippen molar-refractivity contribution in [3.8, 4) is 0 Å². The molecule has 0 fully saturated rings. The van der Waals surface area contributed by atoms with E-state index in [1.165, 1.54) is 16.9 Å². The van der Waals surface area contributed by atoms with Gasteiger partial charge in [-0.25, -0.2) is 0 Å². The van der Waals surface area contributed by atoms with Gasteiger partial charge in [-0.05, 0) is 61.5 Å². The quantitative estimate of drug-likeness (QED) is 0.714. The first-order valence-electron chi connectivity index (χ1n) is 6.16. The summed E-state index contributed by atoms with van der Waals surface area (Å²) in [5.41, 5.74) is 9.15. The maximum atomic E-state index is 12.5. The van der Waals surface area contributed by atoms with Crippen molar-refractivity contribution in [3.63, 3.8) is 0 Å². The van der Waals surface area contributed by atoms with Gasteiger partial charge in [0.15, 0.2) is 0 Å². The molecule has 1 aromatic carbocycles. The van der Waals surface area contributed by atoms with Crippen molar-refractivity contribution < 1.29 is 4.79 Å². The van der Waals surface area contributed by atoms with Gasteiger partial charge < -0.3 is 10.6 Å². The first-order valence-corrected chi connectivity index (χ1v) is 8.57. The predicted molar refractivity (Wildman–Crippen MR) is 89.0 cm³/mol. The van der Waals surface area contributed by atoms with E-state index in [1.807, 2.05) is 29.2 Å². The van der Waals surface area contributed by atoms with Crippen LogP contribution in [0.5, 0.6) is 0 Å². The second-order valence-corrected chi connectivity index (χ2v) is 7.92. The number of anilines is 1. The number of nitrogens with two attached hydrogens (primary N) is 1. The summed E-state index contributed by atoms with van der Waals surface area (Å²) in [6.07, 6.45) is 0.821. The Morgan fingerprint density at radius 2 is 2.15 bits per heavy atom. The summed E-state index contributed by atoms with van der Waals surface area (Å²) in [6.45, 7) is 1.35. The number of carbonyl (C=O) groups excluding carboxylic acids is 1. The molecule has 0 bridgehead atoms. The van der Waals surface area contributed by atoms with Crippen molar-refractivity contribution in [3.05, 3.63) is 48.5 Å². The summed E-state index contributed by atoms with van der Waals surface area (Å²) in [5.74, 6) is 0.0782. The van der Waals surface area contributed by atoms with Gasteiger partial charge in [-0.15, -0.1) is 11.3 Å². The fourth-order valence-electron chi connectivity index (χ4n) is 2.42. The van der Waals surface area contributed by atoms with Crippen LogP contribution in [0.15, 0.2) is 32.5 Å². The molecule has 2 heterocycles. The Bertz CT molecular complexity index is 664. The molecule has 0 atom stereocenters. The molecule has 3 rings (SSSR count). The van der Waals surface area contributed by atoms with Crippen molar-refractivity contribution in [2.45, 2.75) is 13.0 Å². The molecule has 6 heteroatoms. The zero-order valence-corrected chi connectivity index (χ0v) is 14.5. The normalized spacial score (nSPS) is 14.2. The molecule has 2 N–H and O–H groups in total. The van der Waals surface area contributed by atoms with Crippen molar-refractivity contribution in [1.82, 2.24) is 4.90 Å². The molecule has 2 aromatic rings. The topological polar surface area (TPSA) is 46.3 Å². The Morgan fingerprint density at radius 3 is 2.85 bits per heavy atom. The van der Waals surface area contributed by atoms with Crippen molar-refractivity contribution in [2.75, 3.05) is 12.3 Å². The number of halogens is 2. The van der Waals surface area contributed by atoms with E-state index in [4.69, 9.17) is 5.73 Å². The van der Waals surface area contributed by atoms with E-state index < -0.39 is 0 Å². The minimum absolute atomic E-state index is 0.0782. The van der Waals surface area contributed by atoms with E-state index in [2.05, 4.69) is 31.9 Å². The molecule has 104 valence electrons. The van der Waals surface area contributed by atoms with Crippen molar-refractivity contribution in [1.29, 1.82) is 0 Å². The minimum Gasteiger partial charge on any atom is -0.398 e. The van der Waals surface area contributed by atoms with Crippen molar-refractivity contribution in [2.24, 2.45) is 0 Å². The third-order valence-corrected chi connectivity index (χ3v) is 6.69. The third kappa shape index (κ3) is 2.52. The summed E-state index contributed by atoms with van der Waals surface area (Å²) in [5, 5.41) is 0. The number of thiophene rings is 1. The average Bonchev–Trinajstić information content (AvgIpc) is 2.78. The lowest BCUT2D eigenvalue weighted by molar-refractivity contribution is 0.0740. The molecular weight excluding hydrogens is 404 g/mol. The fourth-order valence-corrected chi connectivity index (χ4v) is 4.42. The van der Waals surface area contributed by atoms with Crippen LogP contribution in [0.25, 0.3) is 0 Å². The number of amides is 1. The van der Waals surface area contributed by atoms with Crippen LogP contribution >= 0.6 is 43.2 Å². The first kappa shape index (κ1) is 14.1. The van der Waals surface area contributed by atoms with Crippen LogP contribution in [-0.2, 0) is 13.0 Å². The summed E-state index contributed by atoms with van der Waals surface area (Å²) in [7, 11) is 0. The Kier molecular flexibility index (Phi) is 3.88. The van der Waals surface area contributed by atoms with Gasteiger partial charge in [0.2, 0.25) is 0 Å². The Hall–Kier alpha value is -0.850. The summed E-state index contributed by atoms with van der Waals surface area (Å²) >= 11 is 8.30. The summed E-state index contributed by atoms with van der Waals surface area (Å²) in [4.78, 5) is 15.2. The number of benzene rings is 1. The molecule has 0 radical (unpaired) electrons. The molecule has 0 spiro atoms. The molecular formula is C14H12Br2N2OS. The number of nitrogen functional groups attached to an aromatic ring is 1. The highest BCUT2D eigenvalue weighted by Gasteiger charge is 2.24. The molecule has 0 saturated heterocycles. The second-order valence-electron chi connectivity index (χ2n) is 4.69. The van der Waals surface area contributed by atoms with Crippen LogP contribution in [0.1, 0.15) is 20.8 Å². The SMILES string of the molecule is Nc1cccc2c1CCN(C(=O)c1cc(Br)c(Br)s1)C2. The summed E-state index contributed by atoms with van der Waals surface area (Å²) < 4.78 is 1.87. The minimum atomic E-state index is 0.0782. The number of nitrogens with zero attached hydrogens (tertiary/aromatic N) is 1. The number of fused-ring (bicyclic) bond motifs is 1. The number of carbonyl (C=O) groups is 1. The highest BCUT2D eigenvalue weighted by Crippen LogP contribution is 2.34. The Labute approximate surface area is 138 Å². The lowest BCUT2D eigenvalue weighted by atomic mass is 9.98. The highest BCUT2D eigenvalue weighted by atomic mass is 79.9. The molecule has 0 unspecified atom stereocenters. The van der Waals surface area contributed by atoms with E-state index in [1.54, 1.807) is 0 Å². The summed E-state index contributed by atoms with van der Waals surface area (Å²) in [6, 6.07) is 7.78. The zero-order valence-electron chi connectivity index (χ0n) is 10.5. The van der Waals surface area contributed by atoms with Crippen LogP contribution in [0.3, 0.4) is 0 Å². The lowest BCUT2D eigenvalue weighted by Gasteiger charge is -2.29. The fraction of sp³-hybridized carbons (Fsp3) is 0.214. The maximum Gasteiger partial charge on any atom is 0.264 e. The Morgan fingerprint density at radius 1 is 1.35 bits per heavy atom. The van der Waals surface area contributed by atoms with Gasteiger partial charge in [0, 0.05) is 23.2 Å². The van der Waals surface area contributed by atoms with E-state index in [-0.39, 0.29) is 5.91 Å². The van der Waals surface area contributed by atoms with E-state index in [9.17, 15) is 4.79 Å². The second kappa shape index (κ2) is 5.50. The largest absolute Gasteiger partial charge is 0.398 e. The molecule has 0 saturated carbocycles. The van der Waals surface area contributed by atoms with Crippen molar-refractivity contribution >= 4 is 54.8 Å². The molecule has 20 heavy (non-hydrogen) atoms. The predicted octanol–water partition coefficient (Wildman–Crippen LogP) is 4.05. The zero-order chi connectivity index (χ0) is 14.3. The van der Waals surface area contributed by atoms with Gasteiger partial charge in [0.05, 0.1) is 8.66 Å². The van der Waals surface area contributed by atoms with Gasteiger partial charge in [-0.2, -0.15) is 0 Å². The van der Waals surface area contributed by atoms with E-state index in [0.29, 0.717) is 13.1 Å². The first-order chi connectivity index (χ1) is 9.56. The standard InChI is InChI=1S/C14H12Br2N2OS/c15-10-6-12(20-13(10)16)14(19)18-5-4-9-8(7-18)2-1-3-11(9)17/h1-3,6H,4-5,7,17H2. The number of rotatable bonds is 1. The van der Waals surface area contributed by atoms with E-state index in [0.717, 1.165) is 30.8 Å². The third-order valence-electron chi connectivity index (χ3n) is 3.45. The van der Waals surface area contributed by atoms with Crippen LogP contribution in [0.2, 0.25) is 0 Å². The highest BCUT2D eigenvalue weighted by molar-refractivity contribution is 9.13. The monoisotopic (exact) mass is 414 g/mol. The smallest absolute Gasteiger partial charge is 0.264 e. The molecule has 1 aliphatic heterocycles. The van der Waals surface area contributed by atoms with Crippen LogP contribution in [0, 0.1) is 0 Å². The van der Waals surface area contributed by atoms with Crippen LogP contribution in [0.4, 0.5) is 5.69 Å². The van der Waals surface area contributed by atoms with Gasteiger partial charge in [-0.3, -0.25) is 4.79 Å². The molecule has 1 aliphatic rings. The molecule has 3 nitrogen and oxygen atoms in total. The van der Waals surface area contributed by atoms with Gasteiger partial charge in [0.25, 0.3) is 5.91 Å². The molecule has 1 aromatic heterocycles. The maximum absolute atomic E-state index is 12.5. The van der Waals surface area contributed by atoms with E-state index >= 15 is 0 Å². The average molecular weight is 416 g/mol. The van der Waals surface area contributed by atoms with Crippen LogP contribution in [-0.4, -0.2) is 17.4 Å². The van der Waals surface area contributed by atoms with Gasteiger partial charge in [0.1, 0.15) is 0 Å². The number of hydrogen-bond donors (Lipinski definition) is 1. The molecule has 1 amide bonds.